The molecule has 0 radical (unpaired) electrons. The highest BCUT2D eigenvalue weighted by Gasteiger charge is 2.23. The first-order chi connectivity index (χ1) is 9.25. The van der Waals surface area contributed by atoms with Crippen molar-refractivity contribution >= 4 is 23.2 Å². The number of benzene rings is 1. The average molecular weight is 300 g/mol. The van der Waals surface area contributed by atoms with Crippen LogP contribution in [0, 0.1) is 0 Å². The quantitative estimate of drug-likeness (QED) is 0.924. The van der Waals surface area contributed by atoms with Crippen LogP contribution >= 0.6 is 23.2 Å². The molecule has 0 amide bonds. The van der Waals surface area contributed by atoms with Gasteiger partial charge in [0.15, 0.2) is 0 Å². The van der Waals surface area contributed by atoms with E-state index >= 15 is 0 Å². The van der Waals surface area contributed by atoms with Crippen molar-refractivity contribution in [2.45, 2.75) is 6.10 Å². The summed E-state index contributed by atoms with van der Waals surface area (Å²) in [6.07, 6.45) is -0.226. The Hall–Kier alpha value is -1.14. The van der Waals surface area contributed by atoms with Crippen molar-refractivity contribution in [2.75, 3.05) is 19.7 Å². The minimum atomic E-state index is -0.226. The first-order valence-electron chi connectivity index (χ1n) is 5.86. The molecule has 1 atom stereocenters. The van der Waals surface area contributed by atoms with Crippen molar-refractivity contribution in [1.29, 1.82) is 0 Å². The number of ether oxygens (including phenoxy) is 1. The number of halogens is 2. The molecule has 1 saturated heterocycles. The van der Waals surface area contributed by atoms with E-state index in [0.717, 1.165) is 6.54 Å². The molecule has 1 N–H and O–H groups in total. The van der Waals surface area contributed by atoms with Gasteiger partial charge < -0.3 is 14.6 Å². The third-order valence-electron chi connectivity index (χ3n) is 2.83. The summed E-state index contributed by atoms with van der Waals surface area (Å²) in [5.41, 5.74) is 0.574. The van der Waals surface area contributed by atoms with Crippen molar-refractivity contribution < 1.29 is 9.26 Å². The zero-order valence-corrected chi connectivity index (χ0v) is 11.4. The van der Waals surface area contributed by atoms with Gasteiger partial charge in [0.05, 0.1) is 22.2 Å². The van der Waals surface area contributed by atoms with Crippen molar-refractivity contribution in [3.8, 4) is 11.4 Å². The molecule has 0 bridgehead atoms. The molecular weight excluding hydrogens is 289 g/mol. The lowest BCUT2D eigenvalue weighted by Gasteiger charge is -2.19. The summed E-state index contributed by atoms with van der Waals surface area (Å²) in [5, 5.41) is 8.10. The number of aromatic nitrogens is 2. The molecule has 1 aromatic heterocycles. The predicted octanol–water partition coefficient (Wildman–Crippen LogP) is 2.70. The molecule has 1 aromatic carbocycles. The van der Waals surface area contributed by atoms with Crippen molar-refractivity contribution in [3.63, 3.8) is 0 Å². The molecule has 1 aliphatic rings. The van der Waals surface area contributed by atoms with Gasteiger partial charge in [-0.05, 0) is 12.1 Å². The van der Waals surface area contributed by atoms with Crippen LogP contribution in [0.5, 0.6) is 0 Å². The van der Waals surface area contributed by atoms with Crippen LogP contribution in [-0.4, -0.2) is 29.8 Å². The number of hydrogen-bond acceptors (Lipinski definition) is 5. The molecule has 5 nitrogen and oxygen atoms in total. The maximum atomic E-state index is 6.11. The van der Waals surface area contributed by atoms with Crippen LogP contribution in [0.2, 0.25) is 10.0 Å². The highest BCUT2D eigenvalue weighted by Crippen LogP contribution is 2.33. The fourth-order valence-electron chi connectivity index (χ4n) is 1.90. The second-order valence-corrected chi connectivity index (χ2v) is 4.93. The number of morpholine rings is 1. The van der Waals surface area contributed by atoms with Gasteiger partial charge in [-0.25, -0.2) is 0 Å². The van der Waals surface area contributed by atoms with Crippen LogP contribution in [0.1, 0.15) is 12.0 Å². The van der Waals surface area contributed by atoms with E-state index in [-0.39, 0.29) is 6.10 Å². The highest BCUT2D eigenvalue weighted by molar-refractivity contribution is 6.38. The Kier molecular flexibility index (Phi) is 3.70. The lowest BCUT2D eigenvalue weighted by atomic mass is 10.2. The fraction of sp³-hybridized carbons (Fsp3) is 0.333. The summed E-state index contributed by atoms with van der Waals surface area (Å²) in [6.45, 7) is 2.10. The van der Waals surface area contributed by atoms with Gasteiger partial charge in [0.2, 0.25) is 5.82 Å². The Morgan fingerprint density at radius 2 is 2.05 bits per heavy atom. The standard InChI is InChI=1S/C12H11Cl2N3O2/c13-7-2-1-3-8(14)10(7)11-16-12(19-17-11)9-6-15-4-5-18-9/h1-3,9,15H,4-6H2/t9-/m0/s1. The largest absolute Gasteiger partial charge is 0.366 e. The minimum Gasteiger partial charge on any atom is -0.366 e. The summed E-state index contributed by atoms with van der Waals surface area (Å²) < 4.78 is 10.8. The van der Waals surface area contributed by atoms with Gasteiger partial charge in [0.25, 0.3) is 5.89 Å². The van der Waals surface area contributed by atoms with Gasteiger partial charge in [0, 0.05) is 13.1 Å². The van der Waals surface area contributed by atoms with E-state index in [9.17, 15) is 0 Å². The number of hydrogen-bond donors (Lipinski definition) is 1. The van der Waals surface area contributed by atoms with Crippen LogP contribution in [0.15, 0.2) is 22.7 Å². The molecule has 2 heterocycles. The van der Waals surface area contributed by atoms with Gasteiger partial charge in [-0.15, -0.1) is 0 Å². The number of nitrogens with zero attached hydrogens (tertiary/aromatic N) is 2. The first kappa shape index (κ1) is 12.9. The number of rotatable bonds is 2. The number of nitrogens with one attached hydrogen (secondary N) is 1. The molecule has 1 aliphatic heterocycles. The van der Waals surface area contributed by atoms with Gasteiger partial charge >= 0.3 is 0 Å². The summed E-state index contributed by atoms with van der Waals surface area (Å²) >= 11 is 12.2. The van der Waals surface area contributed by atoms with Gasteiger partial charge in [-0.3, -0.25) is 0 Å². The third kappa shape index (κ3) is 2.60. The average Bonchev–Trinajstić information content (AvgIpc) is 2.89. The lowest BCUT2D eigenvalue weighted by Crippen LogP contribution is -2.33. The zero-order chi connectivity index (χ0) is 13.2. The molecular formula is C12H11Cl2N3O2. The first-order valence-corrected chi connectivity index (χ1v) is 6.61. The van der Waals surface area contributed by atoms with E-state index in [1.54, 1.807) is 18.2 Å². The zero-order valence-electron chi connectivity index (χ0n) is 9.90. The van der Waals surface area contributed by atoms with Crippen molar-refractivity contribution in [3.05, 3.63) is 34.1 Å². The normalized spacial score (nSPS) is 19.6. The molecule has 0 spiro atoms. The van der Waals surface area contributed by atoms with E-state index in [1.807, 2.05) is 0 Å². The van der Waals surface area contributed by atoms with E-state index in [2.05, 4.69) is 15.5 Å². The summed E-state index contributed by atoms with van der Waals surface area (Å²) in [7, 11) is 0. The highest BCUT2D eigenvalue weighted by atomic mass is 35.5. The molecule has 0 aliphatic carbocycles. The molecule has 7 heteroatoms. The maximum Gasteiger partial charge on any atom is 0.257 e. The van der Waals surface area contributed by atoms with E-state index in [0.29, 0.717) is 40.5 Å². The predicted molar refractivity (Wildman–Crippen MR) is 71.3 cm³/mol. The van der Waals surface area contributed by atoms with Crippen LogP contribution in [-0.2, 0) is 4.74 Å². The smallest absolute Gasteiger partial charge is 0.257 e. The second kappa shape index (κ2) is 5.46. The van der Waals surface area contributed by atoms with Crippen LogP contribution in [0.4, 0.5) is 0 Å². The Bertz CT molecular complexity index is 562. The minimum absolute atomic E-state index is 0.226. The van der Waals surface area contributed by atoms with Crippen LogP contribution < -0.4 is 5.32 Å². The van der Waals surface area contributed by atoms with E-state index in [4.69, 9.17) is 32.5 Å². The second-order valence-electron chi connectivity index (χ2n) is 4.12. The fourth-order valence-corrected chi connectivity index (χ4v) is 2.47. The van der Waals surface area contributed by atoms with Crippen LogP contribution in [0.3, 0.4) is 0 Å². The van der Waals surface area contributed by atoms with Crippen molar-refractivity contribution in [2.24, 2.45) is 0 Å². The molecule has 3 rings (SSSR count). The Balaban J connectivity index is 1.92. The van der Waals surface area contributed by atoms with Gasteiger partial charge in [0.1, 0.15) is 6.10 Å². The van der Waals surface area contributed by atoms with Crippen molar-refractivity contribution in [1.82, 2.24) is 15.5 Å². The maximum absolute atomic E-state index is 6.11. The lowest BCUT2D eigenvalue weighted by molar-refractivity contribution is 0.00755. The Labute approximate surface area is 119 Å². The summed E-state index contributed by atoms with van der Waals surface area (Å²) in [6, 6.07) is 5.23. The SMILES string of the molecule is Clc1cccc(Cl)c1-c1noc([C@@H]2CNCCO2)n1. The third-order valence-corrected chi connectivity index (χ3v) is 3.46. The van der Waals surface area contributed by atoms with Crippen LogP contribution in [0.25, 0.3) is 11.4 Å². The van der Waals surface area contributed by atoms with E-state index in [1.165, 1.54) is 0 Å². The molecule has 0 unspecified atom stereocenters. The molecule has 0 saturated carbocycles. The molecule has 1 fully saturated rings. The monoisotopic (exact) mass is 299 g/mol. The summed E-state index contributed by atoms with van der Waals surface area (Å²) in [5.74, 6) is 0.804. The Morgan fingerprint density at radius 1 is 1.26 bits per heavy atom. The van der Waals surface area contributed by atoms with E-state index < -0.39 is 0 Å². The van der Waals surface area contributed by atoms with Gasteiger partial charge in [-0.1, -0.05) is 34.4 Å². The summed E-state index contributed by atoms with van der Waals surface area (Å²) in [4.78, 5) is 4.31. The topological polar surface area (TPSA) is 60.2 Å². The Morgan fingerprint density at radius 3 is 2.74 bits per heavy atom. The molecule has 100 valence electrons. The molecule has 19 heavy (non-hydrogen) atoms. The van der Waals surface area contributed by atoms with Gasteiger partial charge in [-0.2, -0.15) is 4.98 Å². The molecule has 2 aromatic rings.